The molecule has 0 saturated carbocycles. The van der Waals surface area contributed by atoms with E-state index < -0.39 is 5.97 Å². The monoisotopic (exact) mass is 323 g/mol. The summed E-state index contributed by atoms with van der Waals surface area (Å²) in [6, 6.07) is 7.91. The Bertz CT molecular complexity index is 595. The van der Waals surface area contributed by atoms with Gasteiger partial charge in [0, 0.05) is 24.6 Å². The number of aromatic carboxylic acids is 1. The third-order valence-electron chi connectivity index (χ3n) is 2.86. The average molecular weight is 324 g/mol. The van der Waals surface area contributed by atoms with Gasteiger partial charge in [0.25, 0.3) is 0 Å². The van der Waals surface area contributed by atoms with Crippen molar-refractivity contribution in [2.45, 2.75) is 13.1 Å². The number of nitrogens with one attached hydrogen (secondary N) is 1. The topological polar surface area (TPSA) is 67.2 Å². The molecule has 0 aliphatic carbocycles. The number of carboxylic acids is 1. The van der Waals surface area contributed by atoms with Crippen LogP contribution in [0.4, 0.5) is 0 Å². The Labute approximate surface area is 119 Å². The lowest BCUT2D eigenvalue weighted by atomic mass is 10.2. The first-order chi connectivity index (χ1) is 9.09. The SMILES string of the molecule is Cn1ncc(C(=O)O)c1CNCc1ccccc1Br. The Morgan fingerprint density at radius 1 is 1.42 bits per heavy atom. The molecule has 0 radical (unpaired) electrons. The lowest BCUT2D eigenvalue weighted by Gasteiger charge is -2.08. The lowest BCUT2D eigenvalue weighted by Crippen LogP contribution is -2.17. The van der Waals surface area contributed by atoms with Crippen LogP contribution < -0.4 is 5.32 Å². The second kappa shape index (κ2) is 5.99. The first kappa shape index (κ1) is 13.8. The molecular formula is C13H14BrN3O2. The van der Waals surface area contributed by atoms with Gasteiger partial charge in [-0.3, -0.25) is 4.68 Å². The summed E-state index contributed by atoms with van der Waals surface area (Å²) in [5, 5.41) is 16.2. The fraction of sp³-hybridized carbons (Fsp3) is 0.231. The van der Waals surface area contributed by atoms with Crippen molar-refractivity contribution >= 4 is 21.9 Å². The van der Waals surface area contributed by atoms with E-state index in [9.17, 15) is 4.79 Å². The van der Waals surface area contributed by atoms with Gasteiger partial charge in [-0.25, -0.2) is 4.79 Å². The molecule has 1 aromatic carbocycles. The molecule has 1 heterocycles. The van der Waals surface area contributed by atoms with Crippen LogP contribution in [0.3, 0.4) is 0 Å². The minimum atomic E-state index is -0.953. The van der Waals surface area contributed by atoms with Crippen LogP contribution in [0.5, 0.6) is 0 Å². The molecule has 0 spiro atoms. The molecule has 0 saturated heterocycles. The standard InChI is InChI=1S/C13H14BrN3O2/c1-17-12(10(7-16-17)13(18)19)8-15-6-9-4-2-3-5-11(9)14/h2-5,7,15H,6,8H2,1H3,(H,18,19). The van der Waals surface area contributed by atoms with Crippen LogP contribution in [0.15, 0.2) is 34.9 Å². The zero-order valence-electron chi connectivity index (χ0n) is 10.4. The van der Waals surface area contributed by atoms with Crippen molar-refractivity contribution in [2.24, 2.45) is 7.05 Å². The highest BCUT2D eigenvalue weighted by atomic mass is 79.9. The van der Waals surface area contributed by atoms with Gasteiger partial charge in [-0.1, -0.05) is 34.1 Å². The first-order valence-electron chi connectivity index (χ1n) is 5.78. The summed E-state index contributed by atoms with van der Waals surface area (Å²) >= 11 is 3.48. The quantitative estimate of drug-likeness (QED) is 0.885. The van der Waals surface area contributed by atoms with E-state index in [1.165, 1.54) is 6.20 Å². The first-order valence-corrected chi connectivity index (χ1v) is 6.57. The van der Waals surface area contributed by atoms with Crippen molar-refractivity contribution in [3.63, 3.8) is 0 Å². The molecule has 0 atom stereocenters. The maximum Gasteiger partial charge on any atom is 0.339 e. The minimum absolute atomic E-state index is 0.238. The minimum Gasteiger partial charge on any atom is -0.478 e. The maximum atomic E-state index is 11.0. The van der Waals surface area contributed by atoms with Crippen LogP contribution in [0.1, 0.15) is 21.6 Å². The van der Waals surface area contributed by atoms with Crippen molar-refractivity contribution in [1.82, 2.24) is 15.1 Å². The zero-order chi connectivity index (χ0) is 13.8. The molecule has 2 N–H and O–H groups in total. The molecule has 19 heavy (non-hydrogen) atoms. The molecule has 0 unspecified atom stereocenters. The van der Waals surface area contributed by atoms with E-state index in [1.54, 1.807) is 11.7 Å². The predicted octanol–water partition coefficient (Wildman–Crippen LogP) is 2.17. The number of aryl methyl sites for hydroxylation is 1. The summed E-state index contributed by atoms with van der Waals surface area (Å²) in [5.41, 5.74) is 2.03. The van der Waals surface area contributed by atoms with Crippen molar-refractivity contribution in [3.05, 3.63) is 51.8 Å². The number of carboxylic acid groups (broad SMARTS) is 1. The fourth-order valence-electron chi connectivity index (χ4n) is 1.81. The summed E-state index contributed by atoms with van der Waals surface area (Å²) in [4.78, 5) is 11.0. The average Bonchev–Trinajstić information content (AvgIpc) is 2.74. The number of hydrogen-bond donors (Lipinski definition) is 2. The normalized spacial score (nSPS) is 10.6. The van der Waals surface area contributed by atoms with Gasteiger partial charge in [0.05, 0.1) is 11.9 Å². The summed E-state index contributed by atoms with van der Waals surface area (Å²) in [6.07, 6.45) is 1.37. The molecule has 2 rings (SSSR count). The molecular weight excluding hydrogens is 310 g/mol. The third-order valence-corrected chi connectivity index (χ3v) is 3.63. The van der Waals surface area contributed by atoms with Crippen LogP contribution in [0.25, 0.3) is 0 Å². The lowest BCUT2D eigenvalue weighted by molar-refractivity contribution is 0.0695. The highest BCUT2D eigenvalue weighted by molar-refractivity contribution is 9.10. The van der Waals surface area contributed by atoms with Crippen molar-refractivity contribution in [1.29, 1.82) is 0 Å². The molecule has 0 fully saturated rings. The van der Waals surface area contributed by atoms with Gasteiger partial charge in [0.15, 0.2) is 0 Å². The summed E-state index contributed by atoms with van der Waals surface area (Å²) in [6.45, 7) is 1.12. The van der Waals surface area contributed by atoms with Gasteiger partial charge in [0.1, 0.15) is 5.56 Å². The largest absolute Gasteiger partial charge is 0.478 e. The van der Waals surface area contributed by atoms with Gasteiger partial charge in [-0.2, -0.15) is 5.10 Å². The van der Waals surface area contributed by atoms with Gasteiger partial charge in [-0.15, -0.1) is 0 Å². The van der Waals surface area contributed by atoms with E-state index in [-0.39, 0.29) is 5.56 Å². The fourth-order valence-corrected chi connectivity index (χ4v) is 2.23. The van der Waals surface area contributed by atoms with Gasteiger partial charge in [0.2, 0.25) is 0 Å². The van der Waals surface area contributed by atoms with Crippen LogP contribution in [-0.2, 0) is 20.1 Å². The Morgan fingerprint density at radius 3 is 2.84 bits per heavy atom. The highest BCUT2D eigenvalue weighted by Gasteiger charge is 2.14. The molecule has 5 nitrogen and oxygen atoms in total. The summed E-state index contributed by atoms with van der Waals surface area (Å²) < 4.78 is 2.61. The molecule has 2 aromatic rings. The number of nitrogens with zero attached hydrogens (tertiary/aromatic N) is 2. The van der Waals surface area contributed by atoms with Crippen LogP contribution in [-0.4, -0.2) is 20.9 Å². The zero-order valence-corrected chi connectivity index (χ0v) is 12.0. The summed E-state index contributed by atoms with van der Waals surface area (Å²) in [5.74, 6) is -0.953. The van der Waals surface area contributed by atoms with Gasteiger partial charge >= 0.3 is 5.97 Å². The maximum absolute atomic E-state index is 11.0. The molecule has 100 valence electrons. The molecule has 6 heteroatoms. The Balaban J connectivity index is 2.02. The van der Waals surface area contributed by atoms with E-state index in [2.05, 4.69) is 26.3 Å². The van der Waals surface area contributed by atoms with Gasteiger partial charge in [-0.05, 0) is 11.6 Å². The molecule has 0 amide bonds. The highest BCUT2D eigenvalue weighted by Crippen LogP contribution is 2.15. The molecule has 0 aliphatic rings. The van der Waals surface area contributed by atoms with Crippen LogP contribution in [0, 0.1) is 0 Å². The smallest absolute Gasteiger partial charge is 0.339 e. The number of halogens is 1. The number of carbonyl (C=O) groups is 1. The third kappa shape index (κ3) is 3.21. The molecule has 0 aliphatic heterocycles. The second-order valence-electron chi connectivity index (χ2n) is 4.13. The molecule has 0 bridgehead atoms. The van der Waals surface area contributed by atoms with E-state index in [0.29, 0.717) is 18.8 Å². The number of rotatable bonds is 5. The van der Waals surface area contributed by atoms with E-state index in [0.717, 1.165) is 10.0 Å². The Hall–Kier alpha value is -1.66. The van der Waals surface area contributed by atoms with Crippen molar-refractivity contribution in [3.8, 4) is 0 Å². The van der Waals surface area contributed by atoms with Gasteiger partial charge < -0.3 is 10.4 Å². The van der Waals surface area contributed by atoms with Crippen LogP contribution in [0.2, 0.25) is 0 Å². The predicted molar refractivity (Wildman–Crippen MR) is 74.9 cm³/mol. The Kier molecular flexibility index (Phi) is 4.34. The number of benzene rings is 1. The number of hydrogen-bond acceptors (Lipinski definition) is 3. The summed E-state index contributed by atoms with van der Waals surface area (Å²) in [7, 11) is 1.74. The second-order valence-corrected chi connectivity index (χ2v) is 4.98. The van der Waals surface area contributed by atoms with Crippen LogP contribution >= 0.6 is 15.9 Å². The van der Waals surface area contributed by atoms with E-state index in [1.807, 2.05) is 24.3 Å². The number of aromatic nitrogens is 2. The van der Waals surface area contributed by atoms with E-state index >= 15 is 0 Å². The van der Waals surface area contributed by atoms with E-state index in [4.69, 9.17) is 5.11 Å². The van der Waals surface area contributed by atoms with Crippen molar-refractivity contribution in [2.75, 3.05) is 0 Å². The van der Waals surface area contributed by atoms with Crippen molar-refractivity contribution < 1.29 is 9.90 Å². The Morgan fingerprint density at radius 2 is 2.16 bits per heavy atom. The molecule has 1 aromatic heterocycles.